The summed E-state index contributed by atoms with van der Waals surface area (Å²) in [6.45, 7) is 14.1. The third-order valence-electron chi connectivity index (χ3n) is 14.9. The van der Waals surface area contributed by atoms with Crippen molar-refractivity contribution in [1.29, 1.82) is 0 Å². The highest BCUT2D eigenvalue weighted by molar-refractivity contribution is 5.16. The van der Waals surface area contributed by atoms with E-state index < -0.39 is 0 Å². The molecule has 65 heavy (non-hydrogen) atoms. The van der Waals surface area contributed by atoms with Crippen LogP contribution in [0.15, 0.2) is 22.7 Å². The first-order chi connectivity index (χ1) is 32.2. The molecule has 0 aromatic heterocycles. The molecule has 0 unspecified atom stereocenters. The van der Waals surface area contributed by atoms with Crippen LogP contribution in [-0.2, 0) is 4.74 Å². The molecule has 0 aliphatic heterocycles. The van der Waals surface area contributed by atoms with E-state index in [9.17, 15) is 0 Å². The van der Waals surface area contributed by atoms with Gasteiger partial charge in [-0.25, -0.2) is 0 Å². The Kier molecular flexibility index (Phi) is 55.3. The maximum absolute atomic E-state index is 7.74. The smallest absolute Gasteiger partial charge is 0.103 e. The van der Waals surface area contributed by atoms with Gasteiger partial charge in [0.1, 0.15) is 11.5 Å². The van der Waals surface area contributed by atoms with E-state index >= 15 is 0 Å². The van der Waals surface area contributed by atoms with E-state index in [0.29, 0.717) is 0 Å². The third kappa shape index (κ3) is 46.8. The molecule has 0 aromatic carbocycles. The van der Waals surface area contributed by atoms with Crippen LogP contribution in [0.5, 0.6) is 0 Å². The quantitative estimate of drug-likeness (QED) is 0.0436. The minimum Gasteiger partial charge on any atom is -0.466 e. The van der Waals surface area contributed by atoms with Gasteiger partial charge in [-0.05, 0) is 75.4 Å². The number of hydrogen-bond donors (Lipinski definition) is 0. The zero-order valence-electron chi connectivity index (χ0n) is 46.6. The molecule has 1 nitrogen and oxygen atoms in total. The topological polar surface area (TPSA) is 9.23 Å². The van der Waals surface area contributed by atoms with Crippen molar-refractivity contribution in [3.8, 4) is 0 Å². The second-order valence-electron chi connectivity index (χ2n) is 21.5. The van der Waals surface area contributed by atoms with E-state index in [0.717, 1.165) is 0 Å². The number of allylic oxidation sites excluding steroid dienone is 4. The average molecular weight is 912 g/mol. The molecule has 0 saturated carbocycles. The summed E-state index contributed by atoms with van der Waals surface area (Å²) in [6, 6.07) is 0. The standard InChI is InChI=1S/C64H126O/c1-7-13-19-25-31-37-43-49-55-61(56-50-44-38-32-26-20-14-8-2)63(59-53-47-41-35-29-23-17-11-5)65-64(60-54-48-42-36-30-24-18-12-6)62(57-51-45-39-33-27-21-15-9-3)58-52-46-40-34-28-22-16-10-4/h7-60H2,1-6H3. The largest absolute Gasteiger partial charge is 0.466 e. The van der Waals surface area contributed by atoms with Crippen LogP contribution in [0.2, 0.25) is 0 Å². The van der Waals surface area contributed by atoms with Gasteiger partial charge in [0.05, 0.1) is 0 Å². The minimum absolute atomic E-state index is 1.18. The maximum atomic E-state index is 7.74. The molecule has 0 aliphatic carbocycles. The summed E-state index contributed by atoms with van der Waals surface area (Å²) in [6.07, 6.45) is 74.9. The van der Waals surface area contributed by atoms with Crippen molar-refractivity contribution in [3.05, 3.63) is 22.7 Å². The first-order valence-electron chi connectivity index (χ1n) is 31.3. The van der Waals surface area contributed by atoms with Gasteiger partial charge in [-0.1, -0.05) is 311 Å². The molecule has 0 saturated heterocycles. The minimum atomic E-state index is 1.18. The molecule has 0 amide bonds. The van der Waals surface area contributed by atoms with Crippen LogP contribution in [0.4, 0.5) is 0 Å². The highest BCUT2D eigenvalue weighted by Crippen LogP contribution is 2.33. The fourth-order valence-corrected chi connectivity index (χ4v) is 10.3. The van der Waals surface area contributed by atoms with Gasteiger partial charge in [0, 0.05) is 12.8 Å². The Morgan fingerprint density at radius 3 is 0.477 bits per heavy atom. The van der Waals surface area contributed by atoms with Crippen LogP contribution in [0, 0.1) is 0 Å². The molecule has 0 N–H and O–H groups in total. The second-order valence-corrected chi connectivity index (χ2v) is 21.5. The Morgan fingerprint density at radius 1 is 0.169 bits per heavy atom. The lowest BCUT2D eigenvalue weighted by molar-refractivity contribution is 0.254. The van der Waals surface area contributed by atoms with Crippen LogP contribution in [-0.4, -0.2) is 0 Å². The van der Waals surface area contributed by atoms with Gasteiger partial charge >= 0.3 is 0 Å². The molecule has 0 rings (SSSR count). The van der Waals surface area contributed by atoms with E-state index in [1.807, 2.05) is 0 Å². The van der Waals surface area contributed by atoms with Crippen molar-refractivity contribution >= 4 is 0 Å². The molecule has 0 heterocycles. The lowest BCUT2D eigenvalue weighted by atomic mass is 9.95. The van der Waals surface area contributed by atoms with Crippen molar-refractivity contribution in [2.75, 3.05) is 0 Å². The normalized spacial score (nSPS) is 11.5. The van der Waals surface area contributed by atoms with Crippen LogP contribution in [0.3, 0.4) is 0 Å². The van der Waals surface area contributed by atoms with Crippen molar-refractivity contribution < 1.29 is 4.74 Å². The van der Waals surface area contributed by atoms with E-state index in [1.165, 1.54) is 358 Å². The van der Waals surface area contributed by atoms with Gasteiger partial charge in [-0.15, -0.1) is 0 Å². The molecule has 388 valence electrons. The lowest BCUT2D eigenvalue weighted by Crippen LogP contribution is -2.05. The number of rotatable bonds is 56. The Morgan fingerprint density at radius 2 is 0.308 bits per heavy atom. The molecular formula is C64H126O. The average Bonchev–Trinajstić information content (AvgIpc) is 3.31. The molecule has 1 heteroatoms. The van der Waals surface area contributed by atoms with Crippen molar-refractivity contribution in [2.24, 2.45) is 0 Å². The Labute approximate surface area is 413 Å². The van der Waals surface area contributed by atoms with Crippen LogP contribution >= 0.6 is 0 Å². The van der Waals surface area contributed by atoms with Crippen molar-refractivity contribution in [1.82, 2.24) is 0 Å². The molecule has 0 aliphatic rings. The fraction of sp³-hybridized carbons (Fsp3) is 0.938. The highest BCUT2D eigenvalue weighted by atomic mass is 16.5. The molecule has 0 fully saturated rings. The Bertz CT molecular complexity index is 837. The van der Waals surface area contributed by atoms with E-state index in [1.54, 1.807) is 11.1 Å². The molecule has 0 atom stereocenters. The monoisotopic (exact) mass is 911 g/mol. The van der Waals surface area contributed by atoms with Gasteiger partial charge in [0.15, 0.2) is 0 Å². The molecule has 0 bridgehead atoms. The van der Waals surface area contributed by atoms with Crippen LogP contribution in [0.25, 0.3) is 0 Å². The second kappa shape index (κ2) is 55.9. The van der Waals surface area contributed by atoms with Gasteiger partial charge < -0.3 is 4.74 Å². The summed E-state index contributed by atoms with van der Waals surface area (Å²) in [5, 5.41) is 0. The van der Waals surface area contributed by atoms with Gasteiger partial charge in [-0.3, -0.25) is 0 Å². The summed E-state index contributed by atoms with van der Waals surface area (Å²) >= 11 is 0. The maximum Gasteiger partial charge on any atom is 0.103 e. The molecular weight excluding hydrogens is 785 g/mol. The van der Waals surface area contributed by atoms with Crippen LogP contribution < -0.4 is 0 Å². The first-order valence-corrected chi connectivity index (χ1v) is 31.3. The van der Waals surface area contributed by atoms with Crippen molar-refractivity contribution in [2.45, 2.75) is 388 Å². The number of hydrogen-bond acceptors (Lipinski definition) is 1. The predicted octanol–water partition coefficient (Wildman–Crippen LogP) is 24.7. The number of ether oxygens (including phenoxy) is 1. The summed E-state index contributed by atoms with van der Waals surface area (Å²) in [5.74, 6) is 2.95. The van der Waals surface area contributed by atoms with Gasteiger partial charge in [0.25, 0.3) is 0 Å². The fourth-order valence-electron chi connectivity index (χ4n) is 10.3. The molecule has 0 aromatic rings. The van der Waals surface area contributed by atoms with Gasteiger partial charge in [-0.2, -0.15) is 0 Å². The van der Waals surface area contributed by atoms with E-state index in [4.69, 9.17) is 4.74 Å². The molecule has 0 radical (unpaired) electrons. The van der Waals surface area contributed by atoms with E-state index in [-0.39, 0.29) is 0 Å². The highest BCUT2D eigenvalue weighted by Gasteiger charge is 2.16. The lowest BCUT2D eigenvalue weighted by Gasteiger charge is -2.23. The van der Waals surface area contributed by atoms with Gasteiger partial charge in [0.2, 0.25) is 0 Å². The van der Waals surface area contributed by atoms with Crippen LogP contribution in [0.1, 0.15) is 388 Å². The molecule has 0 spiro atoms. The SMILES string of the molecule is CCCCCCCCCCC(CCCCCCCCCC)=C(CCCCCCCCCC)OC(CCCCCCCCCC)=C(CCCCCCCCCC)CCCCCCCCCC. The summed E-state index contributed by atoms with van der Waals surface area (Å²) in [7, 11) is 0. The third-order valence-corrected chi connectivity index (χ3v) is 14.9. The zero-order chi connectivity index (χ0) is 47.2. The van der Waals surface area contributed by atoms with E-state index in [2.05, 4.69) is 41.5 Å². The number of unbranched alkanes of at least 4 members (excludes halogenated alkanes) is 42. The van der Waals surface area contributed by atoms with Crippen molar-refractivity contribution in [3.63, 3.8) is 0 Å². The Balaban J connectivity index is 6.61. The summed E-state index contributed by atoms with van der Waals surface area (Å²) < 4.78 is 7.74. The summed E-state index contributed by atoms with van der Waals surface area (Å²) in [5.41, 5.74) is 3.49. The predicted molar refractivity (Wildman–Crippen MR) is 298 cm³/mol. The zero-order valence-corrected chi connectivity index (χ0v) is 46.6. The first kappa shape index (κ1) is 64.3. The summed E-state index contributed by atoms with van der Waals surface area (Å²) in [4.78, 5) is 0. The Hall–Kier alpha value is -0.720.